The lowest BCUT2D eigenvalue weighted by Crippen LogP contribution is -2.22. The third-order valence-corrected chi connectivity index (χ3v) is 9.00. The number of carbonyl (C=O) groups is 3. The summed E-state index contributed by atoms with van der Waals surface area (Å²) in [7, 11) is 0. The van der Waals surface area contributed by atoms with Gasteiger partial charge < -0.3 is 62.8 Å². The number of aromatic nitrogens is 12. The van der Waals surface area contributed by atoms with Crippen molar-refractivity contribution in [3.05, 3.63) is 58.0 Å². The topological polar surface area (TPSA) is 466 Å². The van der Waals surface area contributed by atoms with Crippen LogP contribution in [0.4, 0.5) is 0 Å². The van der Waals surface area contributed by atoms with Crippen LogP contribution in [0, 0.1) is 54.3 Å². The first-order chi connectivity index (χ1) is 36.0. The highest BCUT2D eigenvalue weighted by Crippen LogP contribution is 2.10. The molecule has 5 unspecified atom stereocenters. The predicted octanol–water partition coefficient (Wildman–Crippen LogP) is 0.706. The van der Waals surface area contributed by atoms with E-state index in [-0.39, 0.29) is 43.2 Å². The Labute approximate surface area is 450 Å². The number of carboxylic acids is 3. The van der Waals surface area contributed by atoms with E-state index < -0.39 is 36.2 Å². The van der Waals surface area contributed by atoms with E-state index in [1.165, 1.54) is 27.7 Å². The second-order valence-corrected chi connectivity index (χ2v) is 19.2. The van der Waals surface area contributed by atoms with Gasteiger partial charge in [0.05, 0.1) is 99.5 Å². The number of aromatic carboxylic acids is 2. The average molecular weight is 1090 g/mol. The van der Waals surface area contributed by atoms with E-state index in [2.05, 4.69) is 97.7 Å². The first-order valence-electron chi connectivity index (χ1n) is 24.7. The molecule has 0 saturated carbocycles. The van der Waals surface area contributed by atoms with Crippen molar-refractivity contribution in [2.24, 2.45) is 51.9 Å². The lowest BCUT2D eigenvalue weighted by molar-refractivity contribution is -0.255. The Morgan fingerprint density at radius 3 is 1.09 bits per heavy atom. The molecule has 4 aromatic rings. The van der Waals surface area contributed by atoms with Crippen LogP contribution in [0.3, 0.4) is 0 Å². The number of nitrogens with zero attached hydrogens (tertiary/aromatic N) is 15. The van der Waals surface area contributed by atoms with Gasteiger partial charge in [-0.05, 0) is 67.2 Å². The molecule has 434 valence electrons. The number of azide groups is 1. The standard InChI is InChI=1S/2C9H18N4O.2C9H15N3O3.C6H13N3O.C3H5N.C3H2O2/c2*1-7(2)3-9(14)6-13-5-8(4-10)11-12-13;2*1-6(2)3-7(13)4-12-5-8(9(14)15)10-11-12;1-5(2)3-6(10)4-8-9-7;1-2-3-4;1-2-3(4)5/h2*5,7,9,14H,3-4,6,10H2,1-2H3;2*5-7,13H,3-4H2,1-2H3,(H,14,15);5-6,10H,3-4H2,1-2H3;1H,3-4H2;1H,(H,4,5)/p-1. The van der Waals surface area contributed by atoms with Gasteiger partial charge in [-0.2, -0.15) is 0 Å². The summed E-state index contributed by atoms with van der Waals surface area (Å²) >= 11 is 0. The second kappa shape index (κ2) is 44.2. The number of carboxylic acid groups (broad SMARTS) is 3. The molecular formula is C48H85N18O11-. The van der Waals surface area contributed by atoms with Gasteiger partial charge in [0.1, 0.15) is 5.69 Å². The third-order valence-electron chi connectivity index (χ3n) is 9.00. The van der Waals surface area contributed by atoms with Gasteiger partial charge in [-0.1, -0.05) is 101 Å². The molecule has 4 aromatic heterocycles. The zero-order chi connectivity index (χ0) is 59.6. The molecule has 0 aliphatic rings. The van der Waals surface area contributed by atoms with E-state index in [9.17, 15) is 35.1 Å². The fraction of sp³-hybridized carbons (Fsp3) is 0.688. The van der Waals surface area contributed by atoms with Crippen LogP contribution in [0.15, 0.2) is 29.9 Å². The van der Waals surface area contributed by atoms with Crippen molar-refractivity contribution in [1.29, 1.82) is 0 Å². The Bertz CT molecular complexity index is 2170. The average Bonchev–Trinajstić information content (AvgIpc) is 4.17. The van der Waals surface area contributed by atoms with E-state index in [1.807, 2.05) is 41.5 Å². The highest BCUT2D eigenvalue weighted by Gasteiger charge is 2.14. The van der Waals surface area contributed by atoms with Crippen molar-refractivity contribution >= 4 is 17.9 Å². The monoisotopic (exact) mass is 1090 g/mol. The summed E-state index contributed by atoms with van der Waals surface area (Å²) in [6.45, 7) is 23.2. The third kappa shape index (κ3) is 44.0. The van der Waals surface area contributed by atoms with Gasteiger partial charge in [0.15, 0.2) is 5.69 Å². The molecule has 0 aliphatic heterocycles. The molecule has 4 rings (SSSR count). The summed E-state index contributed by atoms with van der Waals surface area (Å²) in [5, 5.41) is 107. The molecule has 0 bridgehead atoms. The van der Waals surface area contributed by atoms with E-state index in [0.29, 0.717) is 81.6 Å². The lowest BCUT2D eigenvalue weighted by atomic mass is 10.1. The van der Waals surface area contributed by atoms with Crippen LogP contribution in [-0.4, -0.2) is 157 Å². The Morgan fingerprint density at radius 1 is 0.584 bits per heavy atom. The summed E-state index contributed by atoms with van der Waals surface area (Å²) in [5.41, 5.74) is 24.7. The summed E-state index contributed by atoms with van der Waals surface area (Å²) in [5.74, 6) is 2.16. The van der Waals surface area contributed by atoms with Crippen molar-refractivity contribution in [1.82, 2.24) is 60.0 Å². The van der Waals surface area contributed by atoms with E-state index >= 15 is 0 Å². The minimum atomic E-state index is -1.36. The fourth-order valence-electron chi connectivity index (χ4n) is 6.10. The first-order valence-corrected chi connectivity index (χ1v) is 24.7. The molecule has 29 heteroatoms. The Balaban J connectivity index is -0.000000858. The van der Waals surface area contributed by atoms with Crippen LogP contribution in [-0.2, 0) is 44.1 Å². The molecule has 0 aliphatic carbocycles. The van der Waals surface area contributed by atoms with Gasteiger partial charge >= 0.3 is 11.9 Å². The molecule has 5 atom stereocenters. The first kappa shape index (κ1) is 74.3. The Hall–Kier alpha value is -6.92. The number of hydrogen-bond acceptors (Lipinski definition) is 21. The SMILES string of the molecule is C#CC(=O)O.C#CCN.CC(C)CC(O)CN=[N+]=[N-].CC(C)CC(O)Cn1cc(C(=O)O)nn1.CC(C)CC(O)Cn1cc(C(=O)[O-])nn1.CC(C)CC(O)Cn1cc(CN)nn1.CC(C)CC(O)Cn1cc(CN)nn1. The smallest absolute Gasteiger partial charge is 0.381 e. The number of nitrogens with two attached hydrogens (primary N) is 3. The number of aliphatic carboxylic acids is 1. The molecular weight excluding hydrogens is 1000 g/mol. The molecule has 13 N–H and O–H groups in total. The number of rotatable bonds is 24. The minimum Gasteiger partial charge on any atom is -0.543 e. The predicted molar refractivity (Wildman–Crippen MR) is 283 cm³/mol. The number of aliphatic hydroxyl groups excluding tert-OH is 5. The summed E-state index contributed by atoms with van der Waals surface area (Å²) in [6.07, 6.45) is 16.4. The second-order valence-electron chi connectivity index (χ2n) is 19.2. The molecule has 77 heavy (non-hydrogen) atoms. The van der Waals surface area contributed by atoms with Crippen LogP contribution < -0.4 is 22.3 Å². The molecule has 29 nitrogen and oxygen atoms in total. The number of hydrogen-bond donors (Lipinski definition) is 10. The molecule has 0 radical (unpaired) electrons. The van der Waals surface area contributed by atoms with E-state index in [0.717, 1.165) is 24.2 Å². The zero-order valence-corrected chi connectivity index (χ0v) is 46.1. The highest BCUT2D eigenvalue weighted by molar-refractivity contribution is 5.85. The van der Waals surface area contributed by atoms with Gasteiger partial charge in [-0.15, -0.1) is 33.2 Å². The van der Waals surface area contributed by atoms with Crippen LogP contribution in [0.1, 0.15) is 134 Å². The number of carbonyl (C=O) groups excluding carboxylic acids is 1. The van der Waals surface area contributed by atoms with Gasteiger partial charge in [0.2, 0.25) is 0 Å². The summed E-state index contributed by atoms with van der Waals surface area (Å²) in [6, 6.07) is 0. The van der Waals surface area contributed by atoms with Gasteiger partial charge in [0, 0.05) is 36.3 Å². The Morgan fingerprint density at radius 2 is 0.870 bits per heavy atom. The van der Waals surface area contributed by atoms with Gasteiger partial charge in [0.25, 0.3) is 0 Å². The van der Waals surface area contributed by atoms with Crippen molar-refractivity contribution in [2.75, 3.05) is 13.1 Å². The van der Waals surface area contributed by atoms with Crippen molar-refractivity contribution in [3.63, 3.8) is 0 Å². The van der Waals surface area contributed by atoms with Crippen molar-refractivity contribution < 1.29 is 55.2 Å². The maximum Gasteiger partial charge on any atom is 0.381 e. The van der Waals surface area contributed by atoms with E-state index in [4.69, 9.17) is 42.8 Å². The molecule has 0 saturated heterocycles. The van der Waals surface area contributed by atoms with Crippen LogP contribution in [0.2, 0.25) is 0 Å². The van der Waals surface area contributed by atoms with Crippen LogP contribution >= 0.6 is 0 Å². The van der Waals surface area contributed by atoms with Gasteiger partial charge in [-0.3, -0.25) is 0 Å². The number of aliphatic hydroxyl groups is 5. The minimum absolute atomic E-state index is 0.105. The molecule has 0 spiro atoms. The number of terminal acetylenes is 2. The maximum absolute atomic E-state index is 10.5. The normalized spacial score (nSPS) is 12.3. The van der Waals surface area contributed by atoms with Crippen molar-refractivity contribution in [3.8, 4) is 24.7 Å². The quantitative estimate of drug-likeness (QED) is 0.0200. The van der Waals surface area contributed by atoms with Gasteiger partial charge in [-0.25, -0.2) is 28.3 Å². The maximum atomic E-state index is 10.5. The summed E-state index contributed by atoms with van der Waals surface area (Å²) in [4.78, 5) is 32.6. The van der Waals surface area contributed by atoms with Crippen molar-refractivity contribution in [2.45, 2.75) is 171 Å². The van der Waals surface area contributed by atoms with Crippen LogP contribution in [0.25, 0.3) is 10.4 Å². The van der Waals surface area contributed by atoms with Crippen LogP contribution in [0.5, 0.6) is 0 Å². The molecule has 0 fully saturated rings. The Kier molecular flexibility index (Phi) is 42.7. The molecule has 0 aromatic carbocycles. The zero-order valence-electron chi connectivity index (χ0n) is 46.1. The molecule has 0 amide bonds. The molecule has 4 heterocycles. The summed E-state index contributed by atoms with van der Waals surface area (Å²) < 4.78 is 5.92. The van der Waals surface area contributed by atoms with E-state index in [1.54, 1.807) is 21.8 Å². The lowest BCUT2D eigenvalue weighted by Gasteiger charge is -2.11. The largest absolute Gasteiger partial charge is 0.543 e. The fourth-order valence-corrected chi connectivity index (χ4v) is 6.10. The highest BCUT2D eigenvalue weighted by atomic mass is 16.4.